The van der Waals surface area contributed by atoms with E-state index in [-0.39, 0.29) is 5.84 Å². The molecule has 8 nitrogen and oxygen atoms in total. The number of aliphatic imine (C=N–C) groups is 2. The van der Waals surface area contributed by atoms with Crippen molar-refractivity contribution in [3.63, 3.8) is 0 Å². The number of nitrogens with one attached hydrogen (secondary N) is 2. The number of alkyl carbamates (subject to hydrolysis) is 1. The van der Waals surface area contributed by atoms with Crippen LogP contribution in [0.3, 0.4) is 0 Å². The number of esters is 1. The van der Waals surface area contributed by atoms with E-state index in [1.807, 2.05) is 0 Å². The van der Waals surface area contributed by atoms with Crippen molar-refractivity contribution in [3.8, 4) is 0 Å². The van der Waals surface area contributed by atoms with E-state index in [0.29, 0.717) is 13.1 Å². The van der Waals surface area contributed by atoms with E-state index in [0.717, 1.165) is 0 Å². The molecule has 8 heteroatoms. The van der Waals surface area contributed by atoms with Gasteiger partial charge in [-0.15, -0.1) is 0 Å². The van der Waals surface area contributed by atoms with Gasteiger partial charge in [0.25, 0.3) is 0 Å². The summed E-state index contributed by atoms with van der Waals surface area (Å²) in [7, 11) is 2.69. The normalized spacial score (nSPS) is 12.2. The lowest BCUT2D eigenvalue weighted by atomic mass is 10.2. The fraction of sp³-hybridized carbons (Fsp3) is 0.667. The van der Waals surface area contributed by atoms with Crippen LogP contribution in [0.2, 0.25) is 0 Å². The highest BCUT2D eigenvalue weighted by atomic mass is 16.6. The van der Waals surface area contributed by atoms with E-state index in [2.05, 4.69) is 25.4 Å². The van der Waals surface area contributed by atoms with Gasteiger partial charge in [0.1, 0.15) is 5.60 Å². The average molecular weight is 286 g/mol. The minimum Gasteiger partial charge on any atom is -0.463 e. The summed E-state index contributed by atoms with van der Waals surface area (Å²) in [6.07, 6.45) is 0.831. The summed E-state index contributed by atoms with van der Waals surface area (Å²) in [5.74, 6) is -0.655. The number of carbonyl (C=O) groups is 2. The molecule has 0 aromatic heterocycles. The Bertz CT molecular complexity index is 385. The monoisotopic (exact) mass is 286 g/mol. The van der Waals surface area contributed by atoms with Gasteiger partial charge in [-0.05, 0) is 20.8 Å². The molecule has 1 amide bonds. The zero-order chi connectivity index (χ0) is 15.6. The molecule has 0 atom stereocenters. The Balaban J connectivity index is 3.87. The maximum absolute atomic E-state index is 11.3. The number of hydrogen-bond donors (Lipinski definition) is 2. The molecule has 0 aromatic carbocycles. The van der Waals surface area contributed by atoms with Crippen molar-refractivity contribution in [3.05, 3.63) is 0 Å². The first-order chi connectivity index (χ1) is 9.30. The molecule has 0 saturated heterocycles. The number of amides is 1. The highest BCUT2D eigenvalue weighted by Crippen LogP contribution is 2.05. The summed E-state index contributed by atoms with van der Waals surface area (Å²) >= 11 is 0. The first-order valence-corrected chi connectivity index (χ1v) is 6.08. The first-order valence-electron chi connectivity index (χ1n) is 6.08. The highest BCUT2D eigenvalue weighted by molar-refractivity contribution is 6.36. The predicted molar refractivity (Wildman–Crippen MR) is 76.1 cm³/mol. The van der Waals surface area contributed by atoms with Crippen molar-refractivity contribution >= 4 is 24.2 Å². The number of nitrogens with zero attached hydrogens (tertiary/aromatic N) is 2. The predicted octanol–water partition coefficient (Wildman–Crippen LogP) is 0.330. The largest absolute Gasteiger partial charge is 0.463 e. The van der Waals surface area contributed by atoms with Crippen LogP contribution in [0.1, 0.15) is 20.8 Å². The molecule has 20 heavy (non-hydrogen) atoms. The van der Waals surface area contributed by atoms with E-state index in [9.17, 15) is 9.59 Å². The van der Waals surface area contributed by atoms with Gasteiger partial charge in [0.15, 0.2) is 0 Å². The van der Waals surface area contributed by atoms with Gasteiger partial charge in [0, 0.05) is 20.1 Å². The van der Waals surface area contributed by atoms with Crippen LogP contribution >= 0.6 is 0 Å². The lowest BCUT2D eigenvalue weighted by Gasteiger charge is -2.19. The minimum absolute atomic E-state index is 0.0416. The molecule has 0 aliphatic heterocycles. The van der Waals surface area contributed by atoms with Crippen LogP contribution in [0.4, 0.5) is 4.79 Å². The van der Waals surface area contributed by atoms with Crippen molar-refractivity contribution in [1.29, 1.82) is 0 Å². The SMILES string of the molecule is C/N=C(\N=C/NCCNC(=O)OC(C)(C)C)C(=O)OC. The Morgan fingerprint density at radius 3 is 2.40 bits per heavy atom. The third kappa shape index (κ3) is 8.90. The molecule has 0 bridgehead atoms. The van der Waals surface area contributed by atoms with Crippen LogP contribution < -0.4 is 10.6 Å². The summed E-state index contributed by atoms with van der Waals surface area (Å²) < 4.78 is 9.53. The highest BCUT2D eigenvalue weighted by Gasteiger charge is 2.15. The molecule has 0 unspecified atom stereocenters. The fourth-order valence-electron chi connectivity index (χ4n) is 1.02. The van der Waals surface area contributed by atoms with Crippen molar-refractivity contribution in [2.45, 2.75) is 26.4 Å². The van der Waals surface area contributed by atoms with Crippen LogP contribution in [0.25, 0.3) is 0 Å². The first kappa shape index (κ1) is 17.9. The van der Waals surface area contributed by atoms with Gasteiger partial charge in [-0.25, -0.2) is 14.6 Å². The molecule has 0 rings (SSSR count). The average Bonchev–Trinajstić information content (AvgIpc) is 2.35. The van der Waals surface area contributed by atoms with E-state index in [4.69, 9.17) is 4.74 Å². The van der Waals surface area contributed by atoms with Crippen molar-refractivity contribution in [1.82, 2.24) is 10.6 Å². The number of ether oxygens (including phenoxy) is 2. The zero-order valence-corrected chi connectivity index (χ0v) is 12.5. The molecular formula is C12H22N4O4. The molecule has 0 aliphatic rings. The van der Waals surface area contributed by atoms with Crippen LogP contribution in [-0.4, -0.2) is 57.1 Å². The molecule has 2 N–H and O–H groups in total. The zero-order valence-electron chi connectivity index (χ0n) is 12.5. The second-order valence-corrected chi connectivity index (χ2v) is 4.68. The van der Waals surface area contributed by atoms with Gasteiger partial charge in [-0.3, -0.25) is 4.99 Å². The summed E-state index contributed by atoms with van der Waals surface area (Å²) in [5, 5.41) is 5.36. The Morgan fingerprint density at radius 2 is 1.90 bits per heavy atom. The molecule has 0 spiro atoms. The van der Waals surface area contributed by atoms with Crippen molar-refractivity contribution in [2.24, 2.45) is 9.98 Å². The topological polar surface area (TPSA) is 101 Å². The van der Waals surface area contributed by atoms with E-state index < -0.39 is 17.7 Å². The standard InChI is InChI=1S/C12H22N4O4/c1-12(2,3)20-11(18)15-7-6-14-8-16-9(13-4)10(17)19-5/h8H,6-7H2,1-5H3,(H,15,18)(H,13,14,16). The van der Waals surface area contributed by atoms with Gasteiger partial charge in [-0.2, -0.15) is 0 Å². The molecule has 0 saturated carbocycles. The number of methoxy groups -OCH3 is 1. The minimum atomic E-state index is -0.613. The lowest BCUT2D eigenvalue weighted by molar-refractivity contribution is -0.132. The van der Waals surface area contributed by atoms with E-state index in [1.54, 1.807) is 20.8 Å². The van der Waals surface area contributed by atoms with Crippen molar-refractivity contribution in [2.75, 3.05) is 27.2 Å². The molecule has 0 radical (unpaired) electrons. The van der Waals surface area contributed by atoms with Gasteiger partial charge in [0.05, 0.1) is 13.4 Å². The second kappa shape index (κ2) is 8.89. The van der Waals surface area contributed by atoms with Crippen LogP contribution in [0.15, 0.2) is 9.98 Å². The molecular weight excluding hydrogens is 264 g/mol. The number of rotatable bonds is 4. The molecule has 0 aromatic rings. The number of amidine groups is 1. The third-order valence-corrected chi connectivity index (χ3v) is 1.80. The Kier molecular flexibility index (Phi) is 7.95. The van der Waals surface area contributed by atoms with Crippen LogP contribution in [-0.2, 0) is 14.3 Å². The number of hydrogen-bond acceptors (Lipinski definition) is 5. The molecule has 114 valence electrons. The molecule has 0 aliphatic carbocycles. The van der Waals surface area contributed by atoms with E-state index >= 15 is 0 Å². The van der Waals surface area contributed by atoms with Crippen LogP contribution in [0.5, 0.6) is 0 Å². The fourth-order valence-corrected chi connectivity index (χ4v) is 1.02. The Labute approximate surface area is 118 Å². The van der Waals surface area contributed by atoms with Crippen LogP contribution in [0, 0.1) is 0 Å². The van der Waals surface area contributed by atoms with Crippen molar-refractivity contribution < 1.29 is 19.1 Å². The third-order valence-electron chi connectivity index (χ3n) is 1.80. The second-order valence-electron chi connectivity index (χ2n) is 4.68. The molecule has 0 fully saturated rings. The lowest BCUT2D eigenvalue weighted by Crippen LogP contribution is -2.36. The summed E-state index contributed by atoms with van der Waals surface area (Å²) in [6, 6.07) is 0. The van der Waals surface area contributed by atoms with Gasteiger partial charge < -0.3 is 20.1 Å². The van der Waals surface area contributed by atoms with Gasteiger partial charge in [0.2, 0.25) is 5.84 Å². The van der Waals surface area contributed by atoms with Gasteiger partial charge >= 0.3 is 12.1 Å². The van der Waals surface area contributed by atoms with Gasteiger partial charge in [-0.1, -0.05) is 0 Å². The summed E-state index contributed by atoms with van der Waals surface area (Å²) in [4.78, 5) is 29.9. The number of carbonyl (C=O) groups excluding carboxylic acids is 2. The molecule has 0 heterocycles. The Morgan fingerprint density at radius 1 is 1.25 bits per heavy atom. The Hall–Kier alpha value is -2.12. The maximum atomic E-state index is 11.3. The van der Waals surface area contributed by atoms with E-state index in [1.165, 1.54) is 20.5 Å². The maximum Gasteiger partial charge on any atom is 0.407 e. The summed E-state index contributed by atoms with van der Waals surface area (Å²) in [5.41, 5.74) is -0.522. The smallest absolute Gasteiger partial charge is 0.407 e. The summed E-state index contributed by atoms with van der Waals surface area (Å²) in [6.45, 7) is 6.15. The quantitative estimate of drug-likeness (QED) is 0.336.